The minimum atomic E-state index is 0.500. The van der Waals surface area contributed by atoms with Gasteiger partial charge in [0.15, 0.2) is 0 Å². The van der Waals surface area contributed by atoms with Gasteiger partial charge in [-0.2, -0.15) is 0 Å². The minimum absolute atomic E-state index is 0.500. The molecule has 0 N–H and O–H groups in total. The van der Waals surface area contributed by atoms with E-state index >= 15 is 0 Å². The summed E-state index contributed by atoms with van der Waals surface area (Å²) in [4.78, 5) is 0. The van der Waals surface area contributed by atoms with Crippen LogP contribution in [0.3, 0.4) is 0 Å². The second-order valence-corrected chi connectivity index (χ2v) is 13.8. The third kappa shape index (κ3) is 15.5. The van der Waals surface area contributed by atoms with E-state index in [4.69, 9.17) is 0 Å². The summed E-state index contributed by atoms with van der Waals surface area (Å²) >= 11 is 0. The molecule has 0 aromatic carbocycles. The number of hydrogen-bond donors (Lipinski definition) is 0. The van der Waals surface area contributed by atoms with Gasteiger partial charge in [-0.1, -0.05) is 152 Å². The quantitative estimate of drug-likeness (QED) is 0.375. The van der Waals surface area contributed by atoms with E-state index in [1.54, 1.807) is 51.4 Å². The molecule has 4 saturated carbocycles. The van der Waals surface area contributed by atoms with Crippen LogP contribution >= 0.6 is 0 Å². The van der Waals surface area contributed by atoms with Crippen LogP contribution in [0.5, 0.6) is 0 Å². The summed E-state index contributed by atoms with van der Waals surface area (Å²) < 4.78 is 0. The molecule has 29 heavy (non-hydrogen) atoms. The second-order valence-electron chi connectivity index (χ2n) is 13.8. The maximum Gasteiger partial charge on any atom is -0.0386 e. The van der Waals surface area contributed by atoms with E-state index in [2.05, 4.69) is 55.4 Å². The summed E-state index contributed by atoms with van der Waals surface area (Å²) in [6.45, 7) is 17.5. The fraction of sp³-hybridized carbons (Fsp3) is 1.00. The summed E-state index contributed by atoms with van der Waals surface area (Å²) in [5.41, 5.74) is 1.00. The molecule has 174 valence electrons. The maximum atomic E-state index is 2.19. The zero-order valence-electron chi connectivity index (χ0n) is 21.9. The summed E-state index contributed by atoms with van der Waals surface area (Å²) in [6, 6.07) is 0. The third-order valence-electron chi connectivity index (χ3n) is 6.68. The van der Waals surface area contributed by atoms with Crippen LogP contribution in [0.2, 0.25) is 0 Å². The molecular formula is C29H58. The zero-order valence-corrected chi connectivity index (χ0v) is 21.9. The van der Waals surface area contributed by atoms with Crippen LogP contribution in [0, 0.1) is 34.5 Å². The molecule has 0 amide bonds. The van der Waals surface area contributed by atoms with Crippen LogP contribution in [0.4, 0.5) is 0 Å². The van der Waals surface area contributed by atoms with Crippen molar-refractivity contribution < 1.29 is 0 Å². The van der Waals surface area contributed by atoms with E-state index in [-0.39, 0.29) is 0 Å². The Labute approximate surface area is 186 Å². The SMILES string of the molecule is C1CCC2CCCC2C1.C1CCC2CCCCC2C1.CC(C)(C)C.CC(C)(C)C. The highest BCUT2D eigenvalue weighted by atomic mass is 14.3. The normalized spacial score (nSPS) is 31.4. The van der Waals surface area contributed by atoms with Gasteiger partial charge in [0, 0.05) is 0 Å². The van der Waals surface area contributed by atoms with Gasteiger partial charge < -0.3 is 0 Å². The van der Waals surface area contributed by atoms with Crippen molar-refractivity contribution >= 4 is 0 Å². The van der Waals surface area contributed by atoms with Gasteiger partial charge in [0.1, 0.15) is 0 Å². The lowest BCUT2D eigenvalue weighted by Gasteiger charge is -2.35. The highest BCUT2D eigenvalue weighted by Crippen LogP contribution is 2.42. The first-order chi connectivity index (χ1) is 13.4. The summed E-state index contributed by atoms with van der Waals surface area (Å²) in [5, 5.41) is 0. The fourth-order valence-electron chi connectivity index (χ4n) is 5.54. The van der Waals surface area contributed by atoms with Crippen molar-refractivity contribution in [2.45, 2.75) is 152 Å². The Kier molecular flexibility index (Phi) is 12.5. The molecule has 0 bridgehead atoms. The summed E-state index contributed by atoms with van der Waals surface area (Å²) in [5.74, 6) is 4.64. The minimum Gasteiger partial charge on any atom is -0.0604 e. The molecule has 4 aliphatic carbocycles. The molecule has 0 radical (unpaired) electrons. The fourth-order valence-corrected chi connectivity index (χ4v) is 5.54. The Morgan fingerprint density at radius 3 is 0.621 bits per heavy atom. The van der Waals surface area contributed by atoms with Gasteiger partial charge in [-0.25, -0.2) is 0 Å². The van der Waals surface area contributed by atoms with E-state index in [1.165, 1.54) is 56.8 Å². The molecule has 0 aliphatic heterocycles. The zero-order chi connectivity index (χ0) is 21.9. The van der Waals surface area contributed by atoms with Gasteiger partial charge in [-0.3, -0.25) is 0 Å². The Morgan fingerprint density at radius 2 is 0.448 bits per heavy atom. The summed E-state index contributed by atoms with van der Waals surface area (Å²) in [6.07, 6.45) is 23.2. The first-order valence-electron chi connectivity index (χ1n) is 13.4. The Balaban J connectivity index is 0.000000205. The predicted octanol–water partition coefficient (Wildman–Crippen LogP) is 10.4. The van der Waals surface area contributed by atoms with E-state index in [0.717, 1.165) is 11.8 Å². The Morgan fingerprint density at radius 1 is 0.310 bits per heavy atom. The van der Waals surface area contributed by atoms with Gasteiger partial charge in [0.05, 0.1) is 0 Å². The average molecular weight is 407 g/mol. The molecule has 0 aromatic heterocycles. The van der Waals surface area contributed by atoms with Gasteiger partial charge >= 0.3 is 0 Å². The number of hydrogen-bond acceptors (Lipinski definition) is 0. The molecule has 2 unspecified atom stereocenters. The largest absolute Gasteiger partial charge is 0.0604 e. The van der Waals surface area contributed by atoms with Crippen molar-refractivity contribution in [1.82, 2.24) is 0 Å². The first-order valence-corrected chi connectivity index (χ1v) is 13.4. The lowest BCUT2D eigenvalue weighted by atomic mass is 9.71. The van der Waals surface area contributed by atoms with Crippen LogP contribution in [0.15, 0.2) is 0 Å². The van der Waals surface area contributed by atoms with E-state index in [0.29, 0.717) is 10.8 Å². The van der Waals surface area contributed by atoms with E-state index in [9.17, 15) is 0 Å². The topological polar surface area (TPSA) is 0 Å². The standard InChI is InChI=1S/C10H18.C9H16.2C5H12/c1-2-6-10-8-4-3-7-9(10)5-1;1-2-5-9-7-3-6-8(9)4-1;2*1-5(2,3)4/h9-10H,1-8H2;8-9H,1-7H2;2*1-4H3. The molecule has 4 rings (SSSR count). The monoisotopic (exact) mass is 406 g/mol. The molecule has 0 aromatic rings. The van der Waals surface area contributed by atoms with E-state index in [1.807, 2.05) is 0 Å². The predicted molar refractivity (Wildman–Crippen MR) is 133 cm³/mol. The van der Waals surface area contributed by atoms with Gasteiger partial charge in [0.2, 0.25) is 0 Å². The maximum absolute atomic E-state index is 2.19. The first kappa shape index (κ1) is 27.0. The molecule has 4 aliphatic rings. The van der Waals surface area contributed by atoms with Crippen LogP contribution in [-0.2, 0) is 0 Å². The third-order valence-corrected chi connectivity index (χ3v) is 6.68. The molecular weight excluding hydrogens is 348 g/mol. The van der Waals surface area contributed by atoms with Crippen LogP contribution in [0.25, 0.3) is 0 Å². The van der Waals surface area contributed by atoms with Crippen LogP contribution in [0.1, 0.15) is 152 Å². The Hall–Kier alpha value is 0. The molecule has 0 heteroatoms. The van der Waals surface area contributed by atoms with Crippen molar-refractivity contribution in [2.24, 2.45) is 34.5 Å². The van der Waals surface area contributed by atoms with Crippen molar-refractivity contribution in [2.75, 3.05) is 0 Å². The van der Waals surface area contributed by atoms with Crippen molar-refractivity contribution in [3.05, 3.63) is 0 Å². The van der Waals surface area contributed by atoms with Crippen LogP contribution < -0.4 is 0 Å². The van der Waals surface area contributed by atoms with Crippen molar-refractivity contribution in [3.63, 3.8) is 0 Å². The van der Waals surface area contributed by atoms with Crippen LogP contribution in [-0.4, -0.2) is 0 Å². The Bertz CT molecular complexity index is 331. The smallest absolute Gasteiger partial charge is 0.0386 e. The summed E-state index contributed by atoms with van der Waals surface area (Å²) in [7, 11) is 0. The van der Waals surface area contributed by atoms with Crippen molar-refractivity contribution in [1.29, 1.82) is 0 Å². The number of fused-ring (bicyclic) bond motifs is 2. The average Bonchev–Trinajstić information content (AvgIpc) is 3.08. The highest BCUT2D eigenvalue weighted by Gasteiger charge is 2.29. The highest BCUT2D eigenvalue weighted by molar-refractivity contribution is 4.80. The molecule has 4 fully saturated rings. The van der Waals surface area contributed by atoms with Gasteiger partial charge in [0.25, 0.3) is 0 Å². The molecule has 0 spiro atoms. The molecule has 0 heterocycles. The molecule has 2 atom stereocenters. The lowest BCUT2D eigenvalue weighted by molar-refractivity contribution is 0.171. The van der Waals surface area contributed by atoms with E-state index < -0.39 is 0 Å². The molecule has 0 nitrogen and oxygen atoms in total. The van der Waals surface area contributed by atoms with Gasteiger partial charge in [-0.05, 0) is 34.5 Å². The second kappa shape index (κ2) is 13.4. The van der Waals surface area contributed by atoms with Crippen molar-refractivity contribution in [3.8, 4) is 0 Å². The molecule has 0 saturated heterocycles. The number of rotatable bonds is 0. The van der Waals surface area contributed by atoms with Gasteiger partial charge in [-0.15, -0.1) is 0 Å². The lowest BCUT2D eigenvalue weighted by Crippen LogP contribution is -2.22.